The summed E-state index contributed by atoms with van der Waals surface area (Å²) in [7, 11) is -0.546. The first kappa shape index (κ1) is 20.1. The number of pyridine rings is 1. The van der Waals surface area contributed by atoms with Gasteiger partial charge in [-0.1, -0.05) is 0 Å². The van der Waals surface area contributed by atoms with Crippen molar-refractivity contribution in [2.75, 3.05) is 45.6 Å². The lowest BCUT2D eigenvalue weighted by atomic mass is 10.2. The van der Waals surface area contributed by atoms with Crippen LogP contribution < -0.4 is 10.6 Å². The van der Waals surface area contributed by atoms with Crippen molar-refractivity contribution in [2.24, 2.45) is 0 Å². The summed E-state index contributed by atoms with van der Waals surface area (Å²) in [6.07, 6.45) is 2.93. The number of carbonyl (C=O) groups is 1. The van der Waals surface area contributed by atoms with Crippen molar-refractivity contribution in [3.05, 3.63) is 18.3 Å². The molecule has 1 amide bonds. The van der Waals surface area contributed by atoms with Gasteiger partial charge in [0, 0.05) is 39.9 Å². The minimum atomic E-state index is -3.48. The van der Waals surface area contributed by atoms with Crippen LogP contribution >= 0.6 is 0 Å². The summed E-state index contributed by atoms with van der Waals surface area (Å²) in [6.45, 7) is 1.90. The maximum atomic E-state index is 12.1. The van der Waals surface area contributed by atoms with E-state index in [-0.39, 0.29) is 23.4 Å². The standard InChI is InChI=1S/C16H24N6O3S/c1-21(2)26(24,25)14-5-6-15(20-11-14)19-8-7-18-12-16(23)22-9-3-4-13(22)10-17/h5-6,11,13,18H,3-4,7-9,12H2,1-2H3,(H,19,20)/t13-/m0/s1. The fourth-order valence-corrected chi connectivity index (χ4v) is 3.47. The van der Waals surface area contributed by atoms with E-state index in [9.17, 15) is 13.2 Å². The zero-order valence-corrected chi connectivity index (χ0v) is 15.8. The number of nitrogens with one attached hydrogen (secondary N) is 2. The monoisotopic (exact) mass is 380 g/mol. The molecule has 0 bridgehead atoms. The number of likely N-dealkylation sites (tertiary alicyclic amines) is 1. The summed E-state index contributed by atoms with van der Waals surface area (Å²) in [6, 6.07) is 4.95. The van der Waals surface area contributed by atoms with Gasteiger partial charge in [0.05, 0.1) is 12.6 Å². The van der Waals surface area contributed by atoms with E-state index in [2.05, 4.69) is 21.7 Å². The Morgan fingerprint density at radius 2 is 2.19 bits per heavy atom. The molecule has 0 unspecified atom stereocenters. The second-order valence-corrected chi connectivity index (χ2v) is 8.30. The number of sulfonamides is 1. The van der Waals surface area contributed by atoms with Crippen molar-refractivity contribution >= 4 is 21.7 Å². The molecular weight excluding hydrogens is 356 g/mol. The Morgan fingerprint density at radius 3 is 2.81 bits per heavy atom. The lowest BCUT2D eigenvalue weighted by Gasteiger charge is -2.19. The second-order valence-electron chi connectivity index (χ2n) is 6.14. The maximum absolute atomic E-state index is 12.1. The number of nitrogens with zero attached hydrogens (tertiary/aromatic N) is 4. The van der Waals surface area contributed by atoms with Crippen LogP contribution in [0.25, 0.3) is 0 Å². The van der Waals surface area contributed by atoms with Crippen LogP contribution in [0.1, 0.15) is 12.8 Å². The summed E-state index contributed by atoms with van der Waals surface area (Å²) in [4.78, 5) is 17.9. The van der Waals surface area contributed by atoms with E-state index in [1.54, 1.807) is 11.0 Å². The average molecular weight is 380 g/mol. The molecule has 142 valence electrons. The van der Waals surface area contributed by atoms with Gasteiger partial charge in [-0.3, -0.25) is 4.79 Å². The molecule has 1 aliphatic rings. The van der Waals surface area contributed by atoms with Crippen molar-refractivity contribution in [3.63, 3.8) is 0 Å². The molecule has 1 saturated heterocycles. The Bertz CT molecular complexity index is 757. The van der Waals surface area contributed by atoms with Gasteiger partial charge in [0.1, 0.15) is 16.8 Å². The number of hydrogen-bond acceptors (Lipinski definition) is 7. The fourth-order valence-electron chi connectivity index (χ4n) is 2.62. The van der Waals surface area contributed by atoms with Gasteiger partial charge in [-0.25, -0.2) is 17.7 Å². The van der Waals surface area contributed by atoms with Crippen molar-refractivity contribution in [2.45, 2.75) is 23.8 Å². The van der Waals surface area contributed by atoms with Gasteiger partial charge < -0.3 is 15.5 Å². The van der Waals surface area contributed by atoms with E-state index < -0.39 is 10.0 Å². The van der Waals surface area contributed by atoms with Crippen LogP contribution in [0.3, 0.4) is 0 Å². The summed E-state index contributed by atoms with van der Waals surface area (Å²) < 4.78 is 25.1. The number of nitriles is 1. The number of amides is 1. The third-order valence-electron chi connectivity index (χ3n) is 4.12. The molecule has 2 N–H and O–H groups in total. The predicted molar refractivity (Wildman–Crippen MR) is 96.8 cm³/mol. The highest BCUT2D eigenvalue weighted by atomic mass is 32.2. The minimum Gasteiger partial charge on any atom is -0.369 e. The van der Waals surface area contributed by atoms with Crippen molar-refractivity contribution < 1.29 is 13.2 Å². The van der Waals surface area contributed by atoms with Crippen LogP contribution in [0.5, 0.6) is 0 Å². The van der Waals surface area contributed by atoms with Gasteiger partial charge in [-0.15, -0.1) is 0 Å². The molecule has 1 atom stereocenters. The molecule has 0 saturated carbocycles. The van der Waals surface area contributed by atoms with Gasteiger partial charge in [0.25, 0.3) is 0 Å². The molecule has 10 heteroatoms. The van der Waals surface area contributed by atoms with Gasteiger partial charge in [0.15, 0.2) is 0 Å². The Hall–Kier alpha value is -2.22. The van der Waals surface area contributed by atoms with Crippen LogP contribution in [0.2, 0.25) is 0 Å². The van der Waals surface area contributed by atoms with E-state index in [1.165, 1.54) is 26.4 Å². The average Bonchev–Trinajstić information content (AvgIpc) is 3.10. The van der Waals surface area contributed by atoms with E-state index in [1.807, 2.05) is 0 Å². The predicted octanol–water partition coefficient (Wildman–Crippen LogP) is -0.152. The lowest BCUT2D eigenvalue weighted by Crippen LogP contribution is -2.41. The Morgan fingerprint density at radius 1 is 1.42 bits per heavy atom. The highest BCUT2D eigenvalue weighted by molar-refractivity contribution is 7.89. The molecule has 0 spiro atoms. The molecule has 1 aliphatic heterocycles. The molecular formula is C16H24N6O3S. The maximum Gasteiger partial charge on any atom is 0.244 e. The quantitative estimate of drug-likeness (QED) is 0.602. The highest BCUT2D eigenvalue weighted by Gasteiger charge is 2.27. The summed E-state index contributed by atoms with van der Waals surface area (Å²) >= 11 is 0. The molecule has 2 rings (SSSR count). The second kappa shape index (κ2) is 8.93. The molecule has 1 aromatic rings. The Kier molecular flexibility index (Phi) is 6.90. The number of rotatable bonds is 8. The van der Waals surface area contributed by atoms with E-state index in [0.717, 1.165) is 17.1 Å². The Balaban J connectivity index is 1.72. The first-order valence-corrected chi connectivity index (χ1v) is 9.82. The highest BCUT2D eigenvalue weighted by Crippen LogP contribution is 2.16. The number of aromatic nitrogens is 1. The van der Waals surface area contributed by atoms with Gasteiger partial charge in [-0.2, -0.15) is 5.26 Å². The number of anilines is 1. The molecule has 2 heterocycles. The normalized spacial score (nSPS) is 17.3. The van der Waals surface area contributed by atoms with Gasteiger partial charge >= 0.3 is 0 Å². The third kappa shape index (κ3) is 4.91. The van der Waals surface area contributed by atoms with E-state index in [4.69, 9.17) is 5.26 Å². The Labute approximate surface area is 154 Å². The SMILES string of the molecule is CN(C)S(=O)(=O)c1ccc(NCCNCC(=O)N2CCC[C@H]2C#N)nc1. The van der Waals surface area contributed by atoms with Gasteiger partial charge in [0.2, 0.25) is 15.9 Å². The summed E-state index contributed by atoms with van der Waals surface area (Å²) in [5, 5.41) is 15.1. The van der Waals surface area contributed by atoms with Crippen molar-refractivity contribution in [3.8, 4) is 6.07 Å². The van der Waals surface area contributed by atoms with E-state index in [0.29, 0.717) is 25.5 Å². The number of carbonyl (C=O) groups excluding carboxylic acids is 1. The zero-order chi connectivity index (χ0) is 19.2. The van der Waals surface area contributed by atoms with E-state index >= 15 is 0 Å². The smallest absolute Gasteiger partial charge is 0.244 e. The molecule has 9 nitrogen and oxygen atoms in total. The first-order chi connectivity index (χ1) is 12.4. The molecule has 26 heavy (non-hydrogen) atoms. The van der Waals surface area contributed by atoms with Crippen LogP contribution in [0.4, 0.5) is 5.82 Å². The topological polar surface area (TPSA) is 118 Å². The molecule has 1 aromatic heterocycles. The molecule has 0 aliphatic carbocycles. The minimum absolute atomic E-state index is 0.0644. The first-order valence-electron chi connectivity index (χ1n) is 8.38. The third-order valence-corrected chi connectivity index (χ3v) is 5.92. The zero-order valence-electron chi connectivity index (χ0n) is 15.0. The molecule has 0 aromatic carbocycles. The van der Waals surface area contributed by atoms with Crippen LogP contribution in [-0.2, 0) is 14.8 Å². The molecule has 1 fully saturated rings. The van der Waals surface area contributed by atoms with Crippen LogP contribution in [0.15, 0.2) is 23.2 Å². The van der Waals surface area contributed by atoms with Crippen molar-refractivity contribution in [1.29, 1.82) is 5.26 Å². The lowest BCUT2D eigenvalue weighted by molar-refractivity contribution is -0.130. The summed E-state index contributed by atoms with van der Waals surface area (Å²) in [5.74, 6) is 0.491. The summed E-state index contributed by atoms with van der Waals surface area (Å²) in [5.41, 5.74) is 0. The fraction of sp³-hybridized carbons (Fsp3) is 0.562. The largest absolute Gasteiger partial charge is 0.369 e. The number of hydrogen-bond donors (Lipinski definition) is 2. The van der Waals surface area contributed by atoms with Crippen molar-refractivity contribution in [1.82, 2.24) is 19.5 Å². The van der Waals surface area contributed by atoms with Crippen LogP contribution in [-0.4, -0.2) is 74.8 Å². The molecule has 0 radical (unpaired) electrons. The van der Waals surface area contributed by atoms with Gasteiger partial charge in [-0.05, 0) is 25.0 Å². The van der Waals surface area contributed by atoms with Crippen LogP contribution in [0, 0.1) is 11.3 Å².